The van der Waals surface area contributed by atoms with Crippen LogP contribution in [0.15, 0.2) is 6.07 Å². The van der Waals surface area contributed by atoms with E-state index in [0.717, 1.165) is 24.1 Å². The first kappa shape index (κ1) is 16.7. The highest BCUT2D eigenvalue weighted by molar-refractivity contribution is 7.80. The number of fused-ring (bicyclic) bond motifs is 1. The highest BCUT2D eigenvalue weighted by Crippen LogP contribution is 2.30. The van der Waals surface area contributed by atoms with E-state index in [4.69, 9.17) is 12.2 Å². The fraction of sp³-hybridized carbons (Fsp3) is 0.647. The van der Waals surface area contributed by atoms with Crippen LogP contribution in [-0.4, -0.2) is 17.1 Å². The zero-order valence-electron chi connectivity index (χ0n) is 13.8. The monoisotopic (exact) mass is 351 g/mol. The minimum absolute atomic E-state index is 0.0985. The molecular weight excluding hydrogens is 326 g/mol. The zero-order chi connectivity index (χ0) is 16.4. The molecule has 0 spiro atoms. The Bertz CT molecular complexity index is 577. The number of amides is 1. The first-order chi connectivity index (χ1) is 11.0. The SMILES string of the molecule is C[C@@H]1[C@@H](C)CCC[C@H]1NC(=S)NNC(=O)c1cc2c(s1)CCC2. The quantitative estimate of drug-likeness (QED) is 0.566. The van der Waals surface area contributed by atoms with Crippen molar-refractivity contribution >= 4 is 34.6 Å². The molecule has 0 bridgehead atoms. The van der Waals surface area contributed by atoms with Crippen LogP contribution < -0.4 is 16.2 Å². The van der Waals surface area contributed by atoms with Gasteiger partial charge in [0.2, 0.25) is 0 Å². The molecule has 3 N–H and O–H groups in total. The molecule has 1 amide bonds. The van der Waals surface area contributed by atoms with Crippen LogP contribution in [0.25, 0.3) is 0 Å². The number of rotatable bonds is 2. The molecule has 0 aromatic carbocycles. The number of carbonyl (C=O) groups excluding carboxylic acids is 1. The second-order valence-corrected chi connectivity index (χ2v) is 8.38. The first-order valence-corrected chi connectivity index (χ1v) is 9.75. The van der Waals surface area contributed by atoms with Crippen molar-refractivity contribution in [1.29, 1.82) is 0 Å². The van der Waals surface area contributed by atoms with Crippen LogP contribution in [0.3, 0.4) is 0 Å². The molecule has 126 valence electrons. The summed E-state index contributed by atoms with van der Waals surface area (Å²) < 4.78 is 0. The Balaban J connectivity index is 1.47. The Hall–Kier alpha value is -1.14. The summed E-state index contributed by atoms with van der Waals surface area (Å²) >= 11 is 6.93. The van der Waals surface area contributed by atoms with E-state index in [1.165, 1.54) is 29.7 Å². The Morgan fingerprint density at radius 1 is 1.22 bits per heavy atom. The largest absolute Gasteiger partial charge is 0.358 e. The number of carbonyl (C=O) groups is 1. The smallest absolute Gasteiger partial charge is 0.279 e. The summed E-state index contributed by atoms with van der Waals surface area (Å²) in [4.78, 5) is 14.3. The molecule has 0 radical (unpaired) electrons. The van der Waals surface area contributed by atoms with E-state index in [0.29, 0.717) is 23.0 Å². The van der Waals surface area contributed by atoms with E-state index >= 15 is 0 Å². The van der Waals surface area contributed by atoms with Gasteiger partial charge in [-0.2, -0.15) is 0 Å². The number of thiophene rings is 1. The topological polar surface area (TPSA) is 53.2 Å². The molecule has 2 aliphatic carbocycles. The average molecular weight is 352 g/mol. The van der Waals surface area contributed by atoms with Crippen molar-refractivity contribution in [2.24, 2.45) is 11.8 Å². The van der Waals surface area contributed by atoms with E-state index in [9.17, 15) is 4.79 Å². The van der Waals surface area contributed by atoms with E-state index in [2.05, 4.69) is 30.0 Å². The molecule has 1 aromatic rings. The van der Waals surface area contributed by atoms with Crippen molar-refractivity contribution in [1.82, 2.24) is 16.2 Å². The third kappa shape index (κ3) is 3.86. The van der Waals surface area contributed by atoms with Crippen LogP contribution in [-0.2, 0) is 12.8 Å². The normalized spacial score (nSPS) is 26.4. The molecule has 0 saturated heterocycles. The molecule has 3 rings (SSSR count). The van der Waals surface area contributed by atoms with Gasteiger partial charge in [-0.05, 0) is 61.4 Å². The summed E-state index contributed by atoms with van der Waals surface area (Å²) in [5, 5.41) is 3.86. The van der Waals surface area contributed by atoms with Crippen molar-refractivity contribution in [2.75, 3.05) is 0 Å². The maximum Gasteiger partial charge on any atom is 0.279 e. The van der Waals surface area contributed by atoms with Gasteiger partial charge in [0.05, 0.1) is 4.88 Å². The summed E-state index contributed by atoms with van der Waals surface area (Å²) in [5.74, 6) is 1.21. The number of hydrogen-bond acceptors (Lipinski definition) is 3. The lowest BCUT2D eigenvalue weighted by Gasteiger charge is -2.35. The fourth-order valence-corrected chi connectivity index (χ4v) is 4.96. The molecule has 1 saturated carbocycles. The van der Waals surface area contributed by atoms with Crippen LogP contribution >= 0.6 is 23.6 Å². The predicted octanol–water partition coefficient (Wildman–Crippen LogP) is 3.17. The number of aryl methyl sites for hydroxylation is 2. The molecule has 1 fully saturated rings. The molecule has 0 unspecified atom stereocenters. The lowest BCUT2D eigenvalue weighted by Crippen LogP contribution is -2.52. The second-order valence-electron chi connectivity index (χ2n) is 6.84. The summed E-state index contributed by atoms with van der Waals surface area (Å²) in [5.41, 5.74) is 6.92. The average Bonchev–Trinajstić information content (AvgIpc) is 3.11. The maximum atomic E-state index is 12.2. The number of hydrogen-bond donors (Lipinski definition) is 3. The summed E-state index contributed by atoms with van der Waals surface area (Å²) in [7, 11) is 0. The van der Waals surface area contributed by atoms with Gasteiger partial charge in [0.15, 0.2) is 5.11 Å². The number of hydrazine groups is 1. The van der Waals surface area contributed by atoms with Gasteiger partial charge in [0, 0.05) is 10.9 Å². The molecular formula is C17H25N3OS2. The number of nitrogens with one attached hydrogen (secondary N) is 3. The summed E-state index contributed by atoms with van der Waals surface area (Å²) in [6.07, 6.45) is 7.09. The van der Waals surface area contributed by atoms with Gasteiger partial charge in [-0.1, -0.05) is 26.7 Å². The minimum atomic E-state index is -0.0985. The Morgan fingerprint density at radius 2 is 2.04 bits per heavy atom. The molecule has 1 heterocycles. The molecule has 3 atom stereocenters. The summed E-state index contributed by atoms with van der Waals surface area (Å²) in [6, 6.07) is 2.41. The van der Waals surface area contributed by atoms with Gasteiger partial charge in [-0.15, -0.1) is 11.3 Å². The van der Waals surface area contributed by atoms with Crippen molar-refractivity contribution in [3.05, 3.63) is 21.4 Å². The van der Waals surface area contributed by atoms with Gasteiger partial charge >= 0.3 is 0 Å². The van der Waals surface area contributed by atoms with Gasteiger partial charge in [-0.25, -0.2) is 0 Å². The summed E-state index contributed by atoms with van der Waals surface area (Å²) in [6.45, 7) is 4.57. The molecule has 6 heteroatoms. The lowest BCUT2D eigenvalue weighted by atomic mass is 9.78. The fourth-order valence-electron chi connectivity index (χ4n) is 3.61. The maximum absolute atomic E-state index is 12.2. The van der Waals surface area contributed by atoms with Crippen molar-refractivity contribution in [3.63, 3.8) is 0 Å². The highest BCUT2D eigenvalue weighted by atomic mass is 32.1. The highest BCUT2D eigenvalue weighted by Gasteiger charge is 2.27. The van der Waals surface area contributed by atoms with E-state index in [1.807, 2.05) is 6.07 Å². The minimum Gasteiger partial charge on any atom is -0.358 e. The van der Waals surface area contributed by atoms with E-state index in [1.54, 1.807) is 11.3 Å². The first-order valence-electron chi connectivity index (χ1n) is 8.53. The van der Waals surface area contributed by atoms with E-state index < -0.39 is 0 Å². The van der Waals surface area contributed by atoms with Gasteiger partial charge in [-0.3, -0.25) is 15.6 Å². The molecule has 1 aromatic heterocycles. The lowest BCUT2D eigenvalue weighted by molar-refractivity contribution is 0.0947. The standard InChI is InChI=1S/C17H25N3OS2/c1-10-5-3-7-13(11(10)2)18-17(22)20-19-16(21)15-9-12-6-4-8-14(12)23-15/h9-11,13H,3-8H2,1-2H3,(H,19,21)(H2,18,20,22)/t10-,11+,13+/m0/s1. The van der Waals surface area contributed by atoms with Gasteiger partial charge in [0.25, 0.3) is 5.91 Å². The third-order valence-electron chi connectivity index (χ3n) is 5.28. The molecule has 23 heavy (non-hydrogen) atoms. The number of thiocarbonyl (C=S) groups is 1. The van der Waals surface area contributed by atoms with Crippen LogP contribution in [0.5, 0.6) is 0 Å². The Kier molecular flexibility index (Phi) is 5.21. The Morgan fingerprint density at radius 3 is 2.83 bits per heavy atom. The second kappa shape index (κ2) is 7.18. The van der Waals surface area contributed by atoms with E-state index in [-0.39, 0.29) is 5.91 Å². The van der Waals surface area contributed by atoms with Gasteiger partial charge < -0.3 is 5.32 Å². The molecule has 0 aliphatic heterocycles. The van der Waals surface area contributed by atoms with Crippen LogP contribution in [0.2, 0.25) is 0 Å². The molecule has 4 nitrogen and oxygen atoms in total. The predicted molar refractivity (Wildman–Crippen MR) is 98.6 cm³/mol. The van der Waals surface area contributed by atoms with Crippen molar-refractivity contribution < 1.29 is 4.79 Å². The molecule has 2 aliphatic rings. The van der Waals surface area contributed by atoms with Crippen LogP contribution in [0.1, 0.15) is 59.6 Å². The van der Waals surface area contributed by atoms with Crippen LogP contribution in [0.4, 0.5) is 0 Å². The van der Waals surface area contributed by atoms with Gasteiger partial charge in [0.1, 0.15) is 0 Å². The van der Waals surface area contributed by atoms with Crippen molar-refractivity contribution in [2.45, 2.75) is 58.4 Å². The zero-order valence-corrected chi connectivity index (χ0v) is 15.4. The van der Waals surface area contributed by atoms with Crippen LogP contribution in [0, 0.1) is 11.8 Å². The Labute approximate surface area is 147 Å². The van der Waals surface area contributed by atoms with Crippen molar-refractivity contribution in [3.8, 4) is 0 Å². The third-order valence-corrected chi connectivity index (χ3v) is 6.74.